The maximum atomic E-state index is 5.76. The summed E-state index contributed by atoms with van der Waals surface area (Å²) in [4.78, 5) is 4.70. The summed E-state index contributed by atoms with van der Waals surface area (Å²) >= 11 is 1.70. The van der Waals surface area contributed by atoms with Crippen LogP contribution in [0.2, 0.25) is 0 Å². The molecule has 1 heterocycles. The second kappa shape index (κ2) is 6.37. The number of nitrogens with zero attached hydrogens (tertiary/aromatic N) is 1. The molecule has 0 saturated heterocycles. The van der Waals surface area contributed by atoms with Gasteiger partial charge in [-0.15, -0.1) is 11.3 Å². The van der Waals surface area contributed by atoms with Gasteiger partial charge >= 0.3 is 0 Å². The first-order chi connectivity index (χ1) is 9.58. The second-order valence-electron chi connectivity index (χ2n) is 4.91. The lowest BCUT2D eigenvalue weighted by molar-refractivity contribution is 0.335. The summed E-state index contributed by atoms with van der Waals surface area (Å²) in [6.07, 6.45) is 0. The number of nitrogens with one attached hydrogen (secondary N) is 1. The van der Waals surface area contributed by atoms with E-state index in [1.165, 1.54) is 22.3 Å². The fourth-order valence-corrected chi connectivity index (χ4v) is 3.16. The molecule has 1 N–H and O–H groups in total. The van der Waals surface area contributed by atoms with Gasteiger partial charge in [-0.3, -0.25) is 0 Å². The molecule has 0 unspecified atom stereocenters. The Bertz CT molecular complexity index is 605. The number of hydrogen-bond acceptors (Lipinski definition) is 4. The molecule has 0 spiro atoms. The van der Waals surface area contributed by atoms with Crippen molar-refractivity contribution in [3.8, 4) is 17.0 Å². The van der Waals surface area contributed by atoms with Crippen LogP contribution in [-0.4, -0.2) is 18.6 Å². The maximum absolute atomic E-state index is 5.76. The SMILES string of the molecule is CCOc1c(C)cc(-c2csc(CNC)n2)c(C)c1C. The second-order valence-corrected chi connectivity index (χ2v) is 5.85. The highest BCUT2D eigenvalue weighted by Gasteiger charge is 2.14. The molecule has 0 aliphatic carbocycles. The van der Waals surface area contributed by atoms with E-state index < -0.39 is 0 Å². The molecule has 0 aliphatic rings. The maximum Gasteiger partial charge on any atom is 0.125 e. The van der Waals surface area contributed by atoms with Crippen LogP contribution < -0.4 is 10.1 Å². The summed E-state index contributed by atoms with van der Waals surface area (Å²) in [6.45, 7) is 9.90. The molecule has 0 saturated carbocycles. The van der Waals surface area contributed by atoms with Gasteiger partial charge in [0.2, 0.25) is 0 Å². The van der Waals surface area contributed by atoms with E-state index in [1.807, 2.05) is 14.0 Å². The molecular formula is C16H22N2OS. The van der Waals surface area contributed by atoms with Crippen molar-refractivity contribution < 1.29 is 4.74 Å². The number of hydrogen-bond donors (Lipinski definition) is 1. The number of aromatic nitrogens is 1. The van der Waals surface area contributed by atoms with E-state index in [0.29, 0.717) is 6.61 Å². The van der Waals surface area contributed by atoms with Crippen LogP contribution in [0.1, 0.15) is 28.6 Å². The van der Waals surface area contributed by atoms with Crippen molar-refractivity contribution in [3.63, 3.8) is 0 Å². The van der Waals surface area contributed by atoms with Crippen LogP contribution in [0.15, 0.2) is 11.4 Å². The van der Waals surface area contributed by atoms with Gasteiger partial charge in [0.25, 0.3) is 0 Å². The fourth-order valence-electron chi connectivity index (χ4n) is 2.36. The summed E-state index contributed by atoms with van der Waals surface area (Å²) in [5, 5.41) is 6.39. The predicted octanol–water partition coefficient (Wildman–Crippen LogP) is 3.85. The molecule has 0 amide bonds. The molecule has 1 aromatic carbocycles. The van der Waals surface area contributed by atoms with Gasteiger partial charge in [-0.25, -0.2) is 4.98 Å². The zero-order chi connectivity index (χ0) is 14.7. The molecule has 2 rings (SSSR count). The van der Waals surface area contributed by atoms with Crippen molar-refractivity contribution in [3.05, 3.63) is 33.1 Å². The van der Waals surface area contributed by atoms with E-state index in [0.717, 1.165) is 23.0 Å². The first kappa shape index (κ1) is 15.0. The van der Waals surface area contributed by atoms with Crippen LogP contribution >= 0.6 is 11.3 Å². The summed E-state index contributed by atoms with van der Waals surface area (Å²) in [5.41, 5.74) is 5.91. The highest BCUT2D eigenvalue weighted by Crippen LogP contribution is 2.34. The summed E-state index contributed by atoms with van der Waals surface area (Å²) in [7, 11) is 1.94. The fraction of sp³-hybridized carbons (Fsp3) is 0.438. The number of benzene rings is 1. The minimum atomic E-state index is 0.698. The van der Waals surface area contributed by atoms with E-state index in [-0.39, 0.29) is 0 Å². The number of rotatable bonds is 5. The van der Waals surface area contributed by atoms with Gasteiger partial charge in [-0.2, -0.15) is 0 Å². The molecule has 2 aromatic rings. The van der Waals surface area contributed by atoms with Crippen LogP contribution in [0.25, 0.3) is 11.3 Å². The lowest BCUT2D eigenvalue weighted by atomic mass is 9.97. The molecule has 0 atom stereocenters. The van der Waals surface area contributed by atoms with Gasteiger partial charge in [0, 0.05) is 17.5 Å². The van der Waals surface area contributed by atoms with Crippen molar-refractivity contribution in [2.45, 2.75) is 34.2 Å². The Balaban J connectivity index is 2.46. The minimum Gasteiger partial charge on any atom is -0.493 e. The Morgan fingerprint density at radius 2 is 2.00 bits per heavy atom. The Kier molecular flexibility index (Phi) is 4.78. The zero-order valence-corrected chi connectivity index (χ0v) is 13.6. The lowest BCUT2D eigenvalue weighted by Crippen LogP contribution is -2.04. The van der Waals surface area contributed by atoms with Crippen molar-refractivity contribution in [1.29, 1.82) is 0 Å². The zero-order valence-electron chi connectivity index (χ0n) is 12.8. The van der Waals surface area contributed by atoms with Crippen molar-refractivity contribution in [2.75, 3.05) is 13.7 Å². The van der Waals surface area contributed by atoms with Gasteiger partial charge in [0.15, 0.2) is 0 Å². The molecule has 20 heavy (non-hydrogen) atoms. The molecule has 0 aliphatic heterocycles. The average Bonchev–Trinajstić information content (AvgIpc) is 2.88. The minimum absolute atomic E-state index is 0.698. The third-order valence-corrected chi connectivity index (χ3v) is 4.32. The monoisotopic (exact) mass is 290 g/mol. The number of aryl methyl sites for hydroxylation is 1. The van der Waals surface area contributed by atoms with E-state index in [2.05, 4.69) is 37.5 Å². The van der Waals surface area contributed by atoms with E-state index in [1.54, 1.807) is 11.3 Å². The predicted molar refractivity (Wildman–Crippen MR) is 85.7 cm³/mol. The summed E-state index contributed by atoms with van der Waals surface area (Å²) in [6, 6.07) is 2.19. The summed E-state index contributed by atoms with van der Waals surface area (Å²) < 4.78 is 5.76. The van der Waals surface area contributed by atoms with Crippen molar-refractivity contribution in [2.24, 2.45) is 0 Å². The Hall–Kier alpha value is -1.39. The standard InChI is InChI=1S/C16H22N2OS/c1-6-19-16-10(2)7-13(11(3)12(16)4)14-9-20-15(18-14)8-17-5/h7,9,17H,6,8H2,1-5H3. The highest BCUT2D eigenvalue weighted by molar-refractivity contribution is 7.09. The molecule has 1 aromatic heterocycles. The third kappa shape index (κ3) is 2.86. The quantitative estimate of drug-likeness (QED) is 0.908. The molecule has 108 valence electrons. The first-order valence-corrected chi connectivity index (χ1v) is 7.79. The lowest BCUT2D eigenvalue weighted by Gasteiger charge is -2.15. The normalized spacial score (nSPS) is 10.8. The highest BCUT2D eigenvalue weighted by atomic mass is 32.1. The van der Waals surface area contributed by atoms with E-state index >= 15 is 0 Å². The average molecular weight is 290 g/mol. The van der Waals surface area contributed by atoms with Crippen LogP contribution in [0, 0.1) is 20.8 Å². The van der Waals surface area contributed by atoms with Gasteiger partial charge < -0.3 is 10.1 Å². The molecule has 0 fully saturated rings. The largest absolute Gasteiger partial charge is 0.493 e. The number of thiazole rings is 1. The Morgan fingerprint density at radius 1 is 1.25 bits per heavy atom. The van der Waals surface area contributed by atoms with Crippen molar-refractivity contribution in [1.82, 2.24) is 10.3 Å². The van der Waals surface area contributed by atoms with Crippen LogP contribution in [0.4, 0.5) is 0 Å². The first-order valence-electron chi connectivity index (χ1n) is 6.91. The topological polar surface area (TPSA) is 34.1 Å². The van der Waals surface area contributed by atoms with Crippen LogP contribution in [0.3, 0.4) is 0 Å². The molecule has 4 heteroatoms. The van der Waals surface area contributed by atoms with Gasteiger partial charge in [0.05, 0.1) is 12.3 Å². The smallest absolute Gasteiger partial charge is 0.125 e. The van der Waals surface area contributed by atoms with Gasteiger partial charge in [-0.1, -0.05) is 0 Å². The molecule has 0 bridgehead atoms. The molecule has 0 radical (unpaired) electrons. The van der Waals surface area contributed by atoms with E-state index in [9.17, 15) is 0 Å². The molecular weight excluding hydrogens is 268 g/mol. The van der Waals surface area contributed by atoms with E-state index in [4.69, 9.17) is 9.72 Å². The Labute approximate surface area is 125 Å². The van der Waals surface area contributed by atoms with Gasteiger partial charge in [-0.05, 0) is 57.5 Å². The Morgan fingerprint density at radius 3 is 2.65 bits per heavy atom. The summed E-state index contributed by atoms with van der Waals surface area (Å²) in [5.74, 6) is 1.01. The third-order valence-electron chi connectivity index (χ3n) is 3.47. The van der Waals surface area contributed by atoms with Gasteiger partial charge in [0.1, 0.15) is 10.8 Å². The molecule has 3 nitrogen and oxygen atoms in total. The number of ether oxygens (including phenoxy) is 1. The van der Waals surface area contributed by atoms with Crippen molar-refractivity contribution >= 4 is 11.3 Å². The van der Waals surface area contributed by atoms with Crippen LogP contribution in [0.5, 0.6) is 5.75 Å². The van der Waals surface area contributed by atoms with Crippen LogP contribution in [-0.2, 0) is 6.54 Å².